The van der Waals surface area contributed by atoms with Crippen molar-refractivity contribution in [1.82, 2.24) is 10.2 Å². The zero-order chi connectivity index (χ0) is 18.6. The van der Waals surface area contributed by atoms with E-state index in [1.807, 2.05) is 47.4 Å². The fourth-order valence-electron chi connectivity index (χ4n) is 3.37. The van der Waals surface area contributed by atoms with Crippen molar-refractivity contribution >= 4 is 11.6 Å². The monoisotopic (exact) mass is 363 g/mol. The van der Waals surface area contributed by atoms with E-state index in [1.54, 1.807) is 7.11 Å². The Bertz CT molecular complexity index is 951. The lowest BCUT2D eigenvalue weighted by atomic mass is 10.0. The molecule has 1 aromatic heterocycles. The SMILES string of the molecule is COc1cccc(-c2nnc(CCC(=O)N3CCCc4ccccc43)o2)c1. The zero-order valence-electron chi connectivity index (χ0n) is 15.2. The Kier molecular flexibility index (Phi) is 4.87. The number of hydrogen-bond acceptors (Lipinski definition) is 5. The standard InChI is InChI=1S/C21H21N3O3/c1-26-17-9-4-7-16(14-17)21-23-22-19(27-21)11-12-20(25)24-13-5-8-15-6-2-3-10-18(15)24/h2-4,6-7,9-10,14H,5,8,11-13H2,1H3. The molecular weight excluding hydrogens is 342 g/mol. The molecule has 0 aliphatic carbocycles. The first-order valence-corrected chi connectivity index (χ1v) is 9.09. The molecule has 0 fully saturated rings. The van der Waals surface area contributed by atoms with E-state index in [9.17, 15) is 4.79 Å². The Hall–Kier alpha value is -3.15. The number of hydrogen-bond donors (Lipinski definition) is 0. The lowest BCUT2D eigenvalue weighted by molar-refractivity contribution is -0.118. The minimum atomic E-state index is 0.0864. The number of ether oxygens (including phenoxy) is 1. The number of carbonyl (C=O) groups is 1. The fourth-order valence-corrected chi connectivity index (χ4v) is 3.37. The van der Waals surface area contributed by atoms with Gasteiger partial charge < -0.3 is 14.1 Å². The fraction of sp³-hybridized carbons (Fsp3) is 0.286. The van der Waals surface area contributed by atoms with Crippen LogP contribution in [0.5, 0.6) is 5.75 Å². The Morgan fingerprint density at radius 3 is 2.96 bits per heavy atom. The number of carbonyl (C=O) groups excluding carboxylic acids is 1. The first-order chi connectivity index (χ1) is 13.2. The van der Waals surface area contributed by atoms with Gasteiger partial charge in [0, 0.05) is 30.6 Å². The molecule has 0 N–H and O–H groups in total. The lowest BCUT2D eigenvalue weighted by Gasteiger charge is -2.29. The van der Waals surface area contributed by atoms with E-state index in [0.717, 1.165) is 36.4 Å². The third-order valence-electron chi connectivity index (χ3n) is 4.75. The van der Waals surface area contributed by atoms with Gasteiger partial charge in [0.15, 0.2) is 0 Å². The van der Waals surface area contributed by atoms with E-state index in [-0.39, 0.29) is 5.91 Å². The van der Waals surface area contributed by atoms with Crippen molar-refractivity contribution in [3.05, 3.63) is 60.0 Å². The van der Waals surface area contributed by atoms with Crippen LogP contribution < -0.4 is 9.64 Å². The van der Waals surface area contributed by atoms with Gasteiger partial charge in [0.2, 0.25) is 17.7 Å². The molecule has 6 heteroatoms. The summed E-state index contributed by atoms with van der Waals surface area (Å²) in [6.07, 6.45) is 2.78. The number of para-hydroxylation sites is 1. The molecule has 6 nitrogen and oxygen atoms in total. The maximum absolute atomic E-state index is 12.7. The van der Waals surface area contributed by atoms with Gasteiger partial charge in [-0.25, -0.2) is 0 Å². The second-order valence-electron chi connectivity index (χ2n) is 6.51. The summed E-state index contributed by atoms with van der Waals surface area (Å²) in [6, 6.07) is 15.6. The van der Waals surface area contributed by atoms with Crippen LogP contribution in [0.1, 0.15) is 24.3 Å². The van der Waals surface area contributed by atoms with Crippen molar-refractivity contribution in [1.29, 1.82) is 0 Å². The van der Waals surface area contributed by atoms with E-state index < -0.39 is 0 Å². The number of aryl methyl sites for hydroxylation is 2. The summed E-state index contributed by atoms with van der Waals surface area (Å²) in [5.41, 5.74) is 3.05. The number of rotatable bonds is 5. The van der Waals surface area contributed by atoms with Crippen LogP contribution in [0, 0.1) is 0 Å². The molecule has 1 amide bonds. The number of anilines is 1. The summed E-state index contributed by atoms with van der Waals surface area (Å²) in [4.78, 5) is 14.6. The van der Waals surface area contributed by atoms with E-state index >= 15 is 0 Å². The van der Waals surface area contributed by atoms with Gasteiger partial charge in [0.05, 0.1) is 7.11 Å². The molecule has 0 bridgehead atoms. The zero-order valence-corrected chi connectivity index (χ0v) is 15.2. The van der Waals surface area contributed by atoms with Crippen LogP contribution in [0.3, 0.4) is 0 Å². The lowest BCUT2D eigenvalue weighted by Crippen LogP contribution is -2.35. The molecule has 0 spiro atoms. The molecule has 2 aromatic carbocycles. The van der Waals surface area contributed by atoms with Crippen molar-refractivity contribution in [2.45, 2.75) is 25.7 Å². The highest BCUT2D eigenvalue weighted by molar-refractivity contribution is 5.94. The molecule has 27 heavy (non-hydrogen) atoms. The first kappa shape index (κ1) is 17.3. The number of amides is 1. The quantitative estimate of drug-likeness (QED) is 0.692. The van der Waals surface area contributed by atoms with E-state index in [1.165, 1.54) is 5.56 Å². The predicted molar refractivity (Wildman–Crippen MR) is 102 cm³/mol. The van der Waals surface area contributed by atoms with Gasteiger partial charge in [-0.2, -0.15) is 0 Å². The van der Waals surface area contributed by atoms with E-state index in [2.05, 4.69) is 16.3 Å². The molecule has 0 radical (unpaired) electrons. The van der Waals surface area contributed by atoms with Gasteiger partial charge in [0.25, 0.3) is 0 Å². The molecule has 1 aliphatic heterocycles. The minimum Gasteiger partial charge on any atom is -0.497 e. The summed E-state index contributed by atoms with van der Waals surface area (Å²) in [5.74, 6) is 1.71. The van der Waals surface area contributed by atoms with E-state index in [4.69, 9.17) is 9.15 Å². The number of methoxy groups -OCH3 is 1. The van der Waals surface area contributed by atoms with Crippen LogP contribution in [0.4, 0.5) is 5.69 Å². The number of fused-ring (bicyclic) bond motifs is 1. The molecule has 1 aliphatic rings. The van der Waals surface area contributed by atoms with Gasteiger partial charge in [-0.3, -0.25) is 4.79 Å². The average molecular weight is 363 g/mol. The Morgan fingerprint density at radius 2 is 2.07 bits per heavy atom. The van der Waals surface area contributed by atoms with Crippen LogP contribution in [0.25, 0.3) is 11.5 Å². The second kappa shape index (κ2) is 7.61. The minimum absolute atomic E-state index is 0.0864. The van der Waals surface area contributed by atoms with Gasteiger partial charge >= 0.3 is 0 Å². The van der Waals surface area contributed by atoms with Crippen molar-refractivity contribution in [2.75, 3.05) is 18.6 Å². The number of benzene rings is 2. The van der Waals surface area contributed by atoms with Crippen LogP contribution in [0.15, 0.2) is 52.9 Å². The first-order valence-electron chi connectivity index (χ1n) is 9.09. The molecule has 0 unspecified atom stereocenters. The third kappa shape index (κ3) is 3.69. The number of nitrogens with zero attached hydrogens (tertiary/aromatic N) is 3. The van der Waals surface area contributed by atoms with Crippen molar-refractivity contribution in [3.8, 4) is 17.2 Å². The molecule has 0 saturated carbocycles. The largest absolute Gasteiger partial charge is 0.497 e. The van der Waals surface area contributed by atoms with Crippen LogP contribution >= 0.6 is 0 Å². The molecule has 0 atom stereocenters. The molecule has 2 heterocycles. The summed E-state index contributed by atoms with van der Waals surface area (Å²) >= 11 is 0. The highest BCUT2D eigenvalue weighted by Crippen LogP contribution is 2.28. The maximum atomic E-state index is 12.7. The molecule has 4 rings (SSSR count). The van der Waals surface area contributed by atoms with Gasteiger partial charge in [-0.15, -0.1) is 10.2 Å². The van der Waals surface area contributed by atoms with E-state index in [0.29, 0.717) is 24.6 Å². The molecule has 138 valence electrons. The van der Waals surface area contributed by atoms with Crippen LogP contribution in [0.2, 0.25) is 0 Å². The predicted octanol–water partition coefficient (Wildman–Crippen LogP) is 3.66. The van der Waals surface area contributed by atoms with Crippen molar-refractivity contribution < 1.29 is 13.9 Å². The summed E-state index contributed by atoms with van der Waals surface area (Å²) < 4.78 is 10.9. The maximum Gasteiger partial charge on any atom is 0.247 e. The molecular formula is C21H21N3O3. The smallest absolute Gasteiger partial charge is 0.247 e. The van der Waals surface area contributed by atoms with Gasteiger partial charge in [-0.1, -0.05) is 24.3 Å². The normalized spacial score (nSPS) is 13.3. The summed E-state index contributed by atoms with van der Waals surface area (Å²) in [5, 5.41) is 8.17. The van der Waals surface area contributed by atoms with Crippen LogP contribution in [-0.4, -0.2) is 29.8 Å². The highest BCUT2D eigenvalue weighted by atomic mass is 16.5. The third-order valence-corrected chi connectivity index (χ3v) is 4.75. The van der Waals surface area contributed by atoms with Crippen molar-refractivity contribution in [2.24, 2.45) is 0 Å². The number of aromatic nitrogens is 2. The van der Waals surface area contributed by atoms with Crippen molar-refractivity contribution in [3.63, 3.8) is 0 Å². The van der Waals surface area contributed by atoms with Crippen LogP contribution in [-0.2, 0) is 17.6 Å². The summed E-state index contributed by atoms with van der Waals surface area (Å²) in [7, 11) is 1.61. The van der Waals surface area contributed by atoms with Gasteiger partial charge in [0.1, 0.15) is 5.75 Å². The Morgan fingerprint density at radius 1 is 1.19 bits per heavy atom. The highest BCUT2D eigenvalue weighted by Gasteiger charge is 2.22. The Balaban J connectivity index is 1.42. The molecule has 3 aromatic rings. The Labute approximate surface area is 157 Å². The topological polar surface area (TPSA) is 68.5 Å². The molecule has 0 saturated heterocycles. The van der Waals surface area contributed by atoms with Gasteiger partial charge in [-0.05, 0) is 42.7 Å². The average Bonchev–Trinajstić information content (AvgIpc) is 3.21. The second-order valence-corrected chi connectivity index (χ2v) is 6.51. The summed E-state index contributed by atoms with van der Waals surface area (Å²) in [6.45, 7) is 0.759.